The molecule has 59 nitrogen and oxygen atoms in total. The Bertz CT molecular complexity index is 4650. The number of guanidine groups is 1. The van der Waals surface area contributed by atoms with Crippen molar-refractivity contribution in [2.75, 3.05) is 77.8 Å². The lowest BCUT2D eigenvalue weighted by Gasteiger charge is -2.29. The van der Waals surface area contributed by atoms with E-state index in [1.54, 1.807) is 27.0 Å². The third kappa shape index (κ3) is 41.5. The molecule has 0 bridgehead atoms. The van der Waals surface area contributed by atoms with Crippen LogP contribution in [0.2, 0.25) is 0 Å². The van der Waals surface area contributed by atoms with E-state index in [2.05, 4.69) is 95.0 Å². The van der Waals surface area contributed by atoms with Crippen molar-refractivity contribution in [2.45, 2.75) is 267 Å². The molecular formula is C85H140N26O33S. The standard InChI is InChI=1S/C85H140N26O33S/c1-11-40(8)64(81(140)101-49(26-60(121)122)70(129)95-45(18-22-145-10)67(126)106-62(38(4)5)79(138)100-50(27-61(123)124)71(130)105-55(35-117)83(142)111-21-14-17-57(111)84(143)144)108-75(134)51(31-113)94-59(120)29-92-78(137)65(41(9)118)109-76(135)54(34-116)103-74(133)53(33-115)104-80(139)63(39(6)7)107-72(131)48(25-58(87)119)99-73(132)52(32-114)102-68(127)46(23-37(2)3)97-69(128)47(24-42-28-90-36-93-42)98-66(125)44(15-12-19-91-85(88)89)96-77(136)56-16-13-20-110(56)82(141)43(86)30-112/h28,36-41,43-57,62-65,112-118H,11-27,29-35,86H2,1-10H3,(H2,87,119)(H,90,93)(H,92,137)(H,94,120)(H,95,129)(H,96,136)(H,97,128)(H,98,125)(H,99,132)(H,100,138)(H,101,140)(H,102,127)(H,103,133)(H,104,139)(H,105,130)(H,106,126)(H,107,131)(H,108,134)(H,109,135)(H,121,122)(H,123,124)(H,143,144)(H4,88,89,91)/t40-,41+,43-,44-,45-,46-,47-,48-,49-,50-,51-,52-,53-,54-,55-,56-,57-,62-,63-,64-,65-/m0/s1. The second-order valence-electron chi connectivity index (χ2n) is 35.5. The number of carboxylic acids is 3. The molecule has 2 fully saturated rings. The Hall–Kier alpha value is -13.7. The van der Waals surface area contributed by atoms with E-state index >= 15 is 0 Å². The zero-order chi connectivity index (χ0) is 110. The zero-order valence-corrected chi connectivity index (χ0v) is 82.6. The number of aromatic amines is 1. The summed E-state index contributed by atoms with van der Waals surface area (Å²) in [5.41, 5.74) is 16.9. The molecule has 3 rings (SSSR count). The lowest BCUT2D eigenvalue weighted by molar-refractivity contribution is -0.150. The van der Waals surface area contributed by atoms with Gasteiger partial charge in [-0.05, 0) is 94.0 Å². The van der Waals surface area contributed by atoms with E-state index in [0.717, 1.165) is 23.6 Å². The summed E-state index contributed by atoms with van der Waals surface area (Å²) in [6.45, 7) is 4.95. The summed E-state index contributed by atoms with van der Waals surface area (Å²) in [6.07, 6.45) is -0.773. The number of aliphatic hydroxyl groups is 7. The van der Waals surface area contributed by atoms with Gasteiger partial charge in [0.05, 0.1) is 83.6 Å². The maximum atomic E-state index is 14.5. The van der Waals surface area contributed by atoms with E-state index in [0.29, 0.717) is 6.42 Å². The molecule has 2 aliphatic heterocycles. The first-order valence-corrected chi connectivity index (χ1v) is 47.9. The molecule has 145 heavy (non-hydrogen) atoms. The van der Waals surface area contributed by atoms with Crippen molar-refractivity contribution in [2.24, 2.45) is 40.9 Å². The number of nitrogens with zero attached hydrogens (tertiary/aromatic N) is 3. The van der Waals surface area contributed by atoms with Gasteiger partial charge in [0.1, 0.15) is 115 Å². The SMILES string of the molecule is CC[C@H](C)[C@H](NC(=O)[C@H](CO)NC(=O)CNC(=O)[C@@H](NC(=O)[C@H](CO)NC(=O)[C@H](CO)NC(=O)[C@@H](NC(=O)[C@H](CC(N)=O)NC(=O)[C@H](CO)NC(=O)[C@H](CC(C)C)NC(=O)[C@H](Cc1c[nH]cn1)NC(=O)[C@H](CCCNC(=N)N)NC(=O)[C@@H]1CCCN1C(=O)[C@@H](N)CO)C(C)C)[C@@H](C)O)C(=O)N[C@@H](CC(=O)O)C(=O)N[C@@H](CCSC)C(=O)N[C@H](C(=O)N[C@@H](CC(=O)O)C(=O)N[C@@H](CO)C(=O)N1CCC[C@H]1C(=O)O)C(C)C. The van der Waals surface area contributed by atoms with Crippen molar-refractivity contribution in [1.82, 2.24) is 115 Å². The molecule has 1 aromatic heterocycles. The van der Waals surface area contributed by atoms with Crippen molar-refractivity contribution < 1.29 is 161 Å². The Kier molecular flexibility index (Phi) is 54.3. The van der Waals surface area contributed by atoms with Gasteiger partial charge >= 0.3 is 17.9 Å². The lowest BCUT2D eigenvalue weighted by Crippen LogP contribution is -2.63. The Morgan fingerprint density at radius 2 is 0.834 bits per heavy atom. The number of hydrogen-bond donors (Lipinski definition) is 33. The molecule has 0 spiro atoms. The van der Waals surface area contributed by atoms with Crippen LogP contribution >= 0.6 is 11.8 Å². The predicted octanol–water partition coefficient (Wildman–Crippen LogP) is -15.2. The number of nitrogens with two attached hydrogens (primary N) is 3. The van der Waals surface area contributed by atoms with Crippen LogP contribution < -0.4 is 113 Å². The minimum absolute atomic E-state index is 0.0446. The van der Waals surface area contributed by atoms with Gasteiger partial charge in [-0.2, -0.15) is 11.8 Å². The first-order valence-electron chi connectivity index (χ1n) is 46.5. The third-order valence-corrected chi connectivity index (χ3v) is 23.5. The number of hydrogen-bond acceptors (Lipinski definition) is 34. The molecule has 0 aliphatic carbocycles. The summed E-state index contributed by atoms with van der Waals surface area (Å²) < 4.78 is 0. The predicted molar refractivity (Wildman–Crippen MR) is 505 cm³/mol. The average molecular weight is 2090 g/mol. The van der Waals surface area contributed by atoms with Crippen molar-refractivity contribution >= 4 is 154 Å². The first-order chi connectivity index (χ1) is 68.2. The summed E-state index contributed by atoms with van der Waals surface area (Å²) in [6, 6.07) is -33.1. The molecule has 2 aliphatic rings. The molecule has 1 aromatic rings. The number of likely N-dealkylation sites (tertiary alicyclic amines) is 2. The van der Waals surface area contributed by atoms with Crippen LogP contribution in [-0.2, 0) is 117 Å². The summed E-state index contributed by atoms with van der Waals surface area (Å²) in [5, 5.41) is 150. The van der Waals surface area contributed by atoms with E-state index in [9.17, 15) is 161 Å². The minimum Gasteiger partial charge on any atom is -0.481 e. The van der Waals surface area contributed by atoms with E-state index in [1.165, 1.54) is 52.0 Å². The number of H-pyrrole nitrogens is 1. The van der Waals surface area contributed by atoms with Gasteiger partial charge in [0.2, 0.25) is 118 Å². The van der Waals surface area contributed by atoms with Gasteiger partial charge in [-0.3, -0.25) is 111 Å². The van der Waals surface area contributed by atoms with Crippen molar-refractivity contribution in [3.8, 4) is 0 Å². The van der Waals surface area contributed by atoms with Crippen LogP contribution in [0.15, 0.2) is 12.5 Å². The molecule has 0 radical (unpaired) electrons. The number of primary amides is 1. The highest BCUT2D eigenvalue weighted by molar-refractivity contribution is 7.98. The smallest absolute Gasteiger partial charge is 0.326 e. The van der Waals surface area contributed by atoms with Crippen molar-refractivity contribution in [3.05, 3.63) is 18.2 Å². The zero-order valence-electron chi connectivity index (χ0n) is 81.8. The number of thioether (sulfide) groups is 1. The molecule has 20 amide bonds. The fraction of sp³-hybridized carbons (Fsp3) is 0.682. The van der Waals surface area contributed by atoms with Crippen LogP contribution in [0.25, 0.3) is 0 Å². The van der Waals surface area contributed by atoms with E-state index in [4.69, 9.17) is 22.6 Å². The minimum atomic E-state index is -2.10. The number of carbonyl (C=O) groups excluding carboxylic acids is 20. The number of carboxylic acid groups (broad SMARTS) is 3. The number of aliphatic carboxylic acids is 3. The van der Waals surface area contributed by atoms with E-state index in [-0.39, 0.29) is 88.9 Å². The van der Waals surface area contributed by atoms with Crippen LogP contribution in [0.1, 0.15) is 145 Å². The van der Waals surface area contributed by atoms with Gasteiger partial charge in [-0.15, -0.1) is 0 Å². The van der Waals surface area contributed by atoms with Crippen LogP contribution in [0.5, 0.6) is 0 Å². The fourth-order valence-electron chi connectivity index (χ4n) is 14.7. The maximum Gasteiger partial charge on any atom is 0.326 e. The van der Waals surface area contributed by atoms with Gasteiger partial charge in [0.15, 0.2) is 5.96 Å². The number of aromatic nitrogens is 2. The van der Waals surface area contributed by atoms with Gasteiger partial charge in [-0.1, -0.05) is 61.8 Å². The normalized spacial score (nSPS) is 17.3. The summed E-state index contributed by atoms with van der Waals surface area (Å²) in [7, 11) is 0. The highest BCUT2D eigenvalue weighted by atomic mass is 32.2. The Morgan fingerprint density at radius 3 is 1.28 bits per heavy atom. The Morgan fingerprint density at radius 1 is 0.448 bits per heavy atom. The lowest BCUT2D eigenvalue weighted by atomic mass is 9.97. The summed E-state index contributed by atoms with van der Waals surface area (Å²) >= 11 is 1.16. The number of aliphatic hydroxyl groups excluding tert-OH is 7. The molecule has 3 heterocycles. The average Bonchev–Trinajstić information content (AvgIpc) is 1.76. The summed E-state index contributed by atoms with van der Waals surface area (Å²) in [5.74, 6) is -31.8. The molecule has 60 heteroatoms. The number of amides is 20. The second-order valence-corrected chi connectivity index (χ2v) is 36.5. The van der Waals surface area contributed by atoms with Crippen LogP contribution in [0, 0.1) is 29.1 Å². The molecule has 2 saturated heterocycles. The summed E-state index contributed by atoms with van der Waals surface area (Å²) in [4.78, 5) is 321. The van der Waals surface area contributed by atoms with E-state index < -0.39 is 352 Å². The van der Waals surface area contributed by atoms with Gasteiger partial charge in [-0.25, -0.2) is 9.78 Å². The van der Waals surface area contributed by atoms with Crippen molar-refractivity contribution in [3.63, 3.8) is 0 Å². The fourth-order valence-corrected chi connectivity index (χ4v) is 15.2. The number of nitrogens with one attached hydrogen (secondary N) is 20. The number of carbonyl (C=O) groups is 23. The second kappa shape index (κ2) is 62.8. The number of rotatable bonds is 65. The molecule has 0 aromatic carbocycles. The molecule has 21 atom stereocenters. The maximum absolute atomic E-state index is 14.5. The van der Waals surface area contributed by atoms with Crippen molar-refractivity contribution in [1.29, 1.82) is 5.41 Å². The monoisotopic (exact) mass is 2080 g/mol. The topological polar surface area (TPSA) is 949 Å². The highest BCUT2D eigenvalue weighted by Crippen LogP contribution is 2.22. The number of imidazole rings is 1. The van der Waals surface area contributed by atoms with Gasteiger partial charge in [0, 0.05) is 32.3 Å². The molecule has 814 valence electrons. The van der Waals surface area contributed by atoms with Gasteiger partial charge in [0.25, 0.3) is 0 Å². The Labute approximate surface area is 836 Å². The first kappa shape index (κ1) is 125. The van der Waals surface area contributed by atoms with E-state index in [1.807, 2.05) is 10.6 Å². The van der Waals surface area contributed by atoms with Crippen LogP contribution in [-0.4, -0.2) is 412 Å². The molecular weight excluding hydrogens is 1950 g/mol. The van der Waals surface area contributed by atoms with Crippen LogP contribution in [0.3, 0.4) is 0 Å². The van der Waals surface area contributed by atoms with Crippen LogP contribution in [0.4, 0.5) is 0 Å². The third-order valence-electron chi connectivity index (χ3n) is 22.9. The molecule has 0 unspecified atom stereocenters. The largest absolute Gasteiger partial charge is 0.481 e. The van der Waals surface area contributed by atoms with Gasteiger partial charge < -0.3 is 179 Å². The molecule has 36 N–H and O–H groups in total. The Balaban J connectivity index is 1.74. The highest BCUT2D eigenvalue weighted by Gasteiger charge is 2.45. The molecule has 0 saturated carbocycles. The quantitative estimate of drug-likeness (QED) is 0.0164.